The van der Waals surface area contributed by atoms with Crippen molar-refractivity contribution in [3.8, 4) is 11.1 Å². The second-order valence-electron chi connectivity index (χ2n) is 10.2. The van der Waals surface area contributed by atoms with Crippen molar-refractivity contribution in [1.82, 2.24) is 0 Å². The van der Waals surface area contributed by atoms with E-state index in [0.717, 1.165) is 0 Å². The fraction of sp³-hybridized carbons (Fsp3) is 0.231. The fourth-order valence-corrected chi connectivity index (χ4v) is 11.6. The Bertz CT molecular complexity index is 1180. The Morgan fingerprint density at radius 2 is 0.867 bits per heavy atom. The molecule has 0 saturated heterocycles. The minimum atomic E-state index is -1.55. The van der Waals surface area contributed by atoms with Crippen molar-refractivity contribution in [1.29, 1.82) is 0 Å². The van der Waals surface area contributed by atoms with E-state index in [1.807, 2.05) is 0 Å². The molecule has 0 N–H and O–H groups in total. The van der Waals surface area contributed by atoms with E-state index in [4.69, 9.17) is 0 Å². The number of benzene rings is 4. The molecule has 0 fully saturated rings. The van der Waals surface area contributed by atoms with Gasteiger partial charge in [0.2, 0.25) is 0 Å². The molecular weight excluding hydrogens is 528 g/mol. The highest BCUT2D eigenvalue weighted by atomic mass is 79.9. The molecule has 0 atom stereocenters. The van der Waals surface area contributed by atoms with E-state index in [-0.39, 0.29) is 0 Å². The zero-order valence-electron chi connectivity index (χ0n) is 18.5. The van der Waals surface area contributed by atoms with Crippen molar-refractivity contribution >= 4 is 79.9 Å². The molecule has 4 heteroatoms. The van der Waals surface area contributed by atoms with Gasteiger partial charge in [0.15, 0.2) is 0 Å². The Hall–Kier alpha value is -1.21. The SMILES string of the molecule is C[Si](C)(C)c1cc2ccccc2c(-c2c(Br)c([Si](C)(C)C)cc3ccccc23)c1Br. The Balaban J connectivity index is 2.27. The summed E-state index contributed by atoms with van der Waals surface area (Å²) in [7, 11) is -3.10. The first-order chi connectivity index (χ1) is 14.0. The third-order valence-corrected chi connectivity index (χ3v) is 12.2. The topological polar surface area (TPSA) is 0 Å². The zero-order chi connectivity index (χ0) is 21.8. The van der Waals surface area contributed by atoms with Gasteiger partial charge in [-0.3, -0.25) is 0 Å². The second-order valence-corrected chi connectivity index (χ2v) is 21.8. The monoisotopic (exact) mass is 554 g/mol. The van der Waals surface area contributed by atoms with Crippen LogP contribution < -0.4 is 10.4 Å². The summed E-state index contributed by atoms with van der Waals surface area (Å²) in [6.07, 6.45) is 0. The lowest BCUT2D eigenvalue weighted by Gasteiger charge is -2.26. The normalized spacial score (nSPS) is 12.7. The molecule has 4 aromatic rings. The molecule has 0 spiro atoms. The van der Waals surface area contributed by atoms with Gasteiger partial charge in [-0.1, -0.05) is 132 Å². The van der Waals surface area contributed by atoms with E-state index in [2.05, 4.69) is 132 Å². The largest absolute Gasteiger partial charge is 0.0791 e. The first-order valence-electron chi connectivity index (χ1n) is 10.4. The molecule has 0 radical (unpaired) electrons. The van der Waals surface area contributed by atoms with Crippen LogP contribution in [0.15, 0.2) is 69.6 Å². The minimum absolute atomic E-state index is 1.26. The predicted octanol–water partition coefficient (Wildman–Crippen LogP) is 8.28. The Kier molecular flexibility index (Phi) is 5.67. The van der Waals surface area contributed by atoms with Gasteiger partial charge in [0.25, 0.3) is 0 Å². The maximum atomic E-state index is 4.10. The summed E-state index contributed by atoms with van der Waals surface area (Å²) in [5.41, 5.74) is 2.66. The van der Waals surface area contributed by atoms with Crippen molar-refractivity contribution in [3.63, 3.8) is 0 Å². The van der Waals surface area contributed by atoms with Gasteiger partial charge in [-0.25, -0.2) is 0 Å². The lowest BCUT2D eigenvalue weighted by atomic mass is 9.94. The van der Waals surface area contributed by atoms with Crippen LogP contribution in [0.25, 0.3) is 32.7 Å². The standard InChI is InChI=1S/C26H28Br2Si2/c1-29(2,3)21-15-17-11-7-9-13-19(17)23(25(21)27)24-20-14-10-8-12-18(20)16-22(26(24)28)30(4,5)6/h7-16H,1-6H3. The van der Waals surface area contributed by atoms with Crippen LogP contribution in [0.4, 0.5) is 0 Å². The van der Waals surface area contributed by atoms with Crippen LogP contribution in [-0.4, -0.2) is 16.1 Å². The molecular formula is C26H28Br2Si2. The maximum Gasteiger partial charge on any atom is 0.0791 e. The van der Waals surface area contributed by atoms with Crippen LogP contribution in [0.5, 0.6) is 0 Å². The number of hydrogen-bond donors (Lipinski definition) is 0. The smallest absolute Gasteiger partial charge is 0.0656 e. The van der Waals surface area contributed by atoms with E-state index in [1.54, 1.807) is 0 Å². The molecule has 4 aromatic carbocycles. The molecule has 154 valence electrons. The molecule has 0 unspecified atom stereocenters. The Morgan fingerprint density at radius 1 is 0.533 bits per heavy atom. The highest BCUT2D eigenvalue weighted by molar-refractivity contribution is 9.11. The third kappa shape index (κ3) is 3.77. The molecule has 0 bridgehead atoms. The summed E-state index contributed by atoms with van der Waals surface area (Å²) >= 11 is 8.19. The first-order valence-corrected chi connectivity index (χ1v) is 19.0. The van der Waals surface area contributed by atoms with Crippen LogP contribution in [0, 0.1) is 0 Å². The van der Waals surface area contributed by atoms with Crippen LogP contribution in [-0.2, 0) is 0 Å². The summed E-state index contributed by atoms with van der Waals surface area (Å²) < 4.78 is 2.53. The predicted molar refractivity (Wildman–Crippen MR) is 148 cm³/mol. The second kappa shape index (κ2) is 7.73. The average Bonchev–Trinajstić information content (AvgIpc) is 2.66. The van der Waals surface area contributed by atoms with Gasteiger partial charge >= 0.3 is 0 Å². The molecule has 0 amide bonds. The Labute approximate surface area is 199 Å². The van der Waals surface area contributed by atoms with Gasteiger partial charge in [0.1, 0.15) is 0 Å². The van der Waals surface area contributed by atoms with Crippen LogP contribution >= 0.6 is 31.9 Å². The van der Waals surface area contributed by atoms with Crippen molar-refractivity contribution < 1.29 is 0 Å². The molecule has 0 aromatic heterocycles. The van der Waals surface area contributed by atoms with E-state index >= 15 is 0 Å². The lowest BCUT2D eigenvalue weighted by molar-refractivity contribution is 1.62. The van der Waals surface area contributed by atoms with E-state index in [0.29, 0.717) is 0 Å². The van der Waals surface area contributed by atoms with E-state index in [1.165, 1.54) is 52.0 Å². The summed E-state index contributed by atoms with van der Waals surface area (Å²) in [6.45, 7) is 14.6. The summed E-state index contributed by atoms with van der Waals surface area (Å²) in [5, 5.41) is 8.22. The van der Waals surface area contributed by atoms with Crippen molar-refractivity contribution in [2.45, 2.75) is 39.3 Å². The third-order valence-electron chi connectivity index (χ3n) is 5.84. The minimum Gasteiger partial charge on any atom is -0.0656 e. The maximum absolute atomic E-state index is 4.10. The quantitative estimate of drug-likeness (QED) is 0.223. The zero-order valence-corrected chi connectivity index (χ0v) is 23.7. The van der Waals surface area contributed by atoms with Crippen LogP contribution in [0.3, 0.4) is 0 Å². The molecule has 0 aliphatic rings. The van der Waals surface area contributed by atoms with Gasteiger partial charge in [-0.2, -0.15) is 0 Å². The molecule has 0 heterocycles. The highest BCUT2D eigenvalue weighted by Gasteiger charge is 2.28. The molecule has 0 nitrogen and oxygen atoms in total. The average molecular weight is 556 g/mol. The van der Waals surface area contributed by atoms with Crippen molar-refractivity contribution in [2.24, 2.45) is 0 Å². The first kappa shape index (κ1) is 22.0. The van der Waals surface area contributed by atoms with Crippen LogP contribution in [0.1, 0.15) is 0 Å². The highest BCUT2D eigenvalue weighted by Crippen LogP contribution is 2.43. The van der Waals surface area contributed by atoms with Gasteiger partial charge in [-0.15, -0.1) is 0 Å². The van der Waals surface area contributed by atoms with E-state index < -0.39 is 16.1 Å². The fourth-order valence-electron chi connectivity index (χ4n) is 4.22. The lowest BCUT2D eigenvalue weighted by Crippen LogP contribution is -2.39. The number of rotatable bonds is 3. The van der Waals surface area contributed by atoms with Crippen molar-refractivity contribution in [2.75, 3.05) is 0 Å². The van der Waals surface area contributed by atoms with Crippen LogP contribution in [0.2, 0.25) is 39.3 Å². The van der Waals surface area contributed by atoms with Crippen molar-refractivity contribution in [3.05, 3.63) is 69.6 Å². The molecule has 0 saturated carbocycles. The molecule has 0 aliphatic heterocycles. The van der Waals surface area contributed by atoms with Gasteiger partial charge < -0.3 is 0 Å². The van der Waals surface area contributed by atoms with Gasteiger partial charge in [0, 0.05) is 20.1 Å². The Morgan fingerprint density at radius 3 is 1.20 bits per heavy atom. The van der Waals surface area contributed by atoms with Gasteiger partial charge in [0.05, 0.1) is 16.1 Å². The molecule has 30 heavy (non-hydrogen) atoms. The molecule has 0 aliphatic carbocycles. The number of hydrogen-bond acceptors (Lipinski definition) is 0. The molecule has 4 rings (SSSR count). The summed E-state index contributed by atoms with van der Waals surface area (Å²) in [6, 6.07) is 22.5. The summed E-state index contributed by atoms with van der Waals surface area (Å²) in [5.74, 6) is 0. The summed E-state index contributed by atoms with van der Waals surface area (Å²) in [4.78, 5) is 0. The van der Waals surface area contributed by atoms with Gasteiger partial charge in [-0.05, 0) is 31.9 Å². The number of fused-ring (bicyclic) bond motifs is 2. The van der Waals surface area contributed by atoms with E-state index in [9.17, 15) is 0 Å². The number of halogens is 2.